The smallest absolute Gasteiger partial charge is 0.0928 e. The van der Waals surface area contributed by atoms with Gasteiger partial charge in [0.15, 0.2) is 0 Å². The van der Waals surface area contributed by atoms with Gasteiger partial charge in [0.25, 0.3) is 0 Å². The zero-order chi connectivity index (χ0) is 13.7. The van der Waals surface area contributed by atoms with Crippen molar-refractivity contribution in [3.63, 3.8) is 0 Å². The molecule has 0 bridgehead atoms. The summed E-state index contributed by atoms with van der Waals surface area (Å²) >= 11 is 1.80. The van der Waals surface area contributed by atoms with Crippen LogP contribution in [0.4, 0.5) is 0 Å². The number of nitrogens with zero attached hydrogens (tertiary/aromatic N) is 1. The molecule has 0 saturated heterocycles. The molecular weight excluding hydrogens is 244 g/mol. The SMILES string of the molecule is CCc1nc(C)c(C(C)NC(CCO)C(C)C)s1. The van der Waals surface area contributed by atoms with E-state index in [4.69, 9.17) is 5.11 Å². The minimum absolute atomic E-state index is 0.241. The lowest BCUT2D eigenvalue weighted by Gasteiger charge is -2.25. The molecule has 1 heterocycles. The molecule has 0 aliphatic carbocycles. The van der Waals surface area contributed by atoms with Crippen LogP contribution < -0.4 is 5.32 Å². The van der Waals surface area contributed by atoms with Crippen molar-refractivity contribution in [3.05, 3.63) is 15.6 Å². The van der Waals surface area contributed by atoms with Crippen LogP contribution in [-0.2, 0) is 6.42 Å². The predicted octanol–water partition coefficient (Wildman–Crippen LogP) is 3.07. The van der Waals surface area contributed by atoms with Crippen molar-refractivity contribution >= 4 is 11.3 Å². The van der Waals surface area contributed by atoms with Gasteiger partial charge in [0.05, 0.1) is 10.7 Å². The zero-order valence-corrected chi connectivity index (χ0v) is 13.0. The van der Waals surface area contributed by atoms with E-state index >= 15 is 0 Å². The highest BCUT2D eigenvalue weighted by atomic mass is 32.1. The summed E-state index contributed by atoms with van der Waals surface area (Å²) in [4.78, 5) is 5.91. The Labute approximate surface area is 115 Å². The molecule has 0 aliphatic heterocycles. The van der Waals surface area contributed by atoms with Gasteiger partial charge in [-0.3, -0.25) is 0 Å². The van der Waals surface area contributed by atoms with E-state index in [0.29, 0.717) is 18.0 Å². The molecule has 0 amide bonds. The van der Waals surface area contributed by atoms with Crippen LogP contribution in [0.25, 0.3) is 0 Å². The number of aliphatic hydroxyl groups is 1. The maximum absolute atomic E-state index is 9.12. The number of nitrogens with one attached hydrogen (secondary N) is 1. The fraction of sp³-hybridized carbons (Fsp3) is 0.786. The van der Waals surface area contributed by atoms with Crippen LogP contribution in [0, 0.1) is 12.8 Å². The predicted molar refractivity (Wildman–Crippen MR) is 78.1 cm³/mol. The Morgan fingerprint density at radius 2 is 2.00 bits per heavy atom. The number of rotatable bonds is 7. The molecule has 3 nitrogen and oxygen atoms in total. The lowest BCUT2D eigenvalue weighted by atomic mass is 10.00. The Kier molecular flexibility index (Phi) is 6.26. The van der Waals surface area contributed by atoms with Gasteiger partial charge in [0.2, 0.25) is 0 Å². The summed E-state index contributed by atoms with van der Waals surface area (Å²) in [6, 6.07) is 0.665. The molecule has 2 unspecified atom stereocenters. The summed E-state index contributed by atoms with van der Waals surface area (Å²) in [5.74, 6) is 0.526. The molecule has 18 heavy (non-hydrogen) atoms. The lowest BCUT2D eigenvalue weighted by molar-refractivity contribution is 0.237. The molecule has 1 rings (SSSR count). The summed E-state index contributed by atoms with van der Waals surface area (Å²) < 4.78 is 0. The average molecular weight is 270 g/mol. The first-order valence-electron chi connectivity index (χ1n) is 6.82. The third-order valence-corrected chi connectivity index (χ3v) is 4.77. The van der Waals surface area contributed by atoms with E-state index in [1.54, 1.807) is 11.3 Å². The molecule has 0 spiro atoms. The fourth-order valence-corrected chi connectivity index (χ4v) is 3.18. The van der Waals surface area contributed by atoms with Crippen molar-refractivity contribution in [2.24, 2.45) is 5.92 Å². The summed E-state index contributed by atoms with van der Waals surface area (Å²) in [6.45, 7) is 11.0. The highest BCUT2D eigenvalue weighted by Crippen LogP contribution is 2.26. The quantitative estimate of drug-likeness (QED) is 0.800. The molecule has 1 aromatic rings. The Morgan fingerprint density at radius 1 is 1.33 bits per heavy atom. The number of hydrogen-bond acceptors (Lipinski definition) is 4. The topological polar surface area (TPSA) is 45.2 Å². The van der Waals surface area contributed by atoms with Gasteiger partial charge < -0.3 is 10.4 Å². The molecule has 0 fully saturated rings. The summed E-state index contributed by atoms with van der Waals surface area (Å²) in [6.07, 6.45) is 1.81. The van der Waals surface area contributed by atoms with Gasteiger partial charge in [-0.2, -0.15) is 0 Å². The Balaban J connectivity index is 2.73. The number of aromatic nitrogens is 1. The van der Waals surface area contributed by atoms with E-state index in [9.17, 15) is 0 Å². The summed E-state index contributed by atoms with van der Waals surface area (Å²) in [5, 5.41) is 13.9. The van der Waals surface area contributed by atoms with Gasteiger partial charge in [-0.25, -0.2) is 4.98 Å². The van der Waals surface area contributed by atoms with Gasteiger partial charge in [-0.15, -0.1) is 11.3 Å². The van der Waals surface area contributed by atoms with Crippen LogP contribution in [0.5, 0.6) is 0 Å². The van der Waals surface area contributed by atoms with Crippen LogP contribution in [-0.4, -0.2) is 22.7 Å². The Morgan fingerprint density at radius 3 is 2.44 bits per heavy atom. The fourth-order valence-electron chi connectivity index (χ4n) is 2.16. The van der Waals surface area contributed by atoms with E-state index in [2.05, 4.69) is 44.9 Å². The largest absolute Gasteiger partial charge is 0.396 e. The number of aliphatic hydroxyl groups excluding tert-OH is 1. The van der Waals surface area contributed by atoms with Crippen molar-refractivity contribution in [2.45, 2.75) is 59.5 Å². The number of hydrogen-bond donors (Lipinski definition) is 2. The maximum Gasteiger partial charge on any atom is 0.0928 e. The van der Waals surface area contributed by atoms with Crippen LogP contribution in [0.3, 0.4) is 0 Å². The number of thiazole rings is 1. The van der Waals surface area contributed by atoms with Crippen LogP contribution in [0.1, 0.15) is 55.7 Å². The summed E-state index contributed by atoms with van der Waals surface area (Å²) in [5.41, 5.74) is 1.14. The molecule has 1 aromatic heterocycles. The van der Waals surface area contributed by atoms with Crippen molar-refractivity contribution in [1.82, 2.24) is 10.3 Å². The van der Waals surface area contributed by atoms with E-state index in [1.807, 2.05) is 0 Å². The molecule has 0 radical (unpaired) electrons. The molecule has 2 atom stereocenters. The second-order valence-corrected chi connectivity index (χ2v) is 6.28. The van der Waals surface area contributed by atoms with Crippen molar-refractivity contribution in [2.75, 3.05) is 6.61 Å². The first-order chi connectivity index (χ1) is 8.49. The Bertz CT molecular complexity index is 363. The second-order valence-electron chi connectivity index (χ2n) is 5.16. The first kappa shape index (κ1) is 15.6. The van der Waals surface area contributed by atoms with Gasteiger partial charge in [-0.05, 0) is 32.6 Å². The van der Waals surface area contributed by atoms with E-state index in [-0.39, 0.29) is 6.61 Å². The van der Waals surface area contributed by atoms with Crippen LogP contribution in [0.2, 0.25) is 0 Å². The standard InChI is InChI=1S/C14H26N2OS/c1-6-13-16-11(5)14(18-13)10(4)15-12(7-8-17)9(2)3/h9-10,12,15,17H,6-8H2,1-5H3. The van der Waals surface area contributed by atoms with Crippen molar-refractivity contribution in [3.8, 4) is 0 Å². The van der Waals surface area contributed by atoms with Crippen molar-refractivity contribution in [1.29, 1.82) is 0 Å². The number of aryl methyl sites for hydroxylation is 2. The molecule has 2 N–H and O–H groups in total. The highest BCUT2D eigenvalue weighted by molar-refractivity contribution is 7.11. The molecule has 0 aliphatic rings. The molecule has 0 saturated carbocycles. The van der Waals surface area contributed by atoms with Crippen molar-refractivity contribution < 1.29 is 5.11 Å². The highest BCUT2D eigenvalue weighted by Gasteiger charge is 2.19. The second kappa shape index (κ2) is 7.22. The van der Waals surface area contributed by atoms with E-state index in [1.165, 1.54) is 9.88 Å². The maximum atomic E-state index is 9.12. The third-order valence-electron chi connectivity index (χ3n) is 3.28. The van der Waals surface area contributed by atoms with Crippen LogP contribution >= 0.6 is 11.3 Å². The van der Waals surface area contributed by atoms with Gasteiger partial charge >= 0.3 is 0 Å². The van der Waals surface area contributed by atoms with Gasteiger partial charge in [-0.1, -0.05) is 20.8 Å². The average Bonchev–Trinajstić information content (AvgIpc) is 2.69. The lowest BCUT2D eigenvalue weighted by Crippen LogP contribution is -2.36. The first-order valence-corrected chi connectivity index (χ1v) is 7.64. The Hall–Kier alpha value is -0.450. The monoisotopic (exact) mass is 270 g/mol. The normalized spacial score (nSPS) is 15.1. The summed E-state index contributed by atoms with van der Waals surface area (Å²) in [7, 11) is 0. The third kappa shape index (κ3) is 4.04. The molecular formula is C14H26N2OS. The minimum atomic E-state index is 0.241. The van der Waals surface area contributed by atoms with E-state index < -0.39 is 0 Å². The molecule has 0 aromatic carbocycles. The van der Waals surface area contributed by atoms with Gasteiger partial charge in [0, 0.05) is 23.6 Å². The van der Waals surface area contributed by atoms with Gasteiger partial charge in [0.1, 0.15) is 0 Å². The minimum Gasteiger partial charge on any atom is -0.396 e. The molecule has 4 heteroatoms. The van der Waals surface area contributed by atoms with E-state index in [0.717, 1.165) is 18.5 Å². The zero-order valence-electron chi connectivity index (χ0n) is 12.2. The molecule has 104 valence electrons. The van der Waals surface area contributed by atoms with Crippen LogP contribution in [0.15, 0.2) is 0 Å².